The first-order valence-electron chi connectivity index (χ1n) is 5.87. The van der Waals surface area contributed by atoms with Gasteiger partial charge in [0.15, 0.2) is 11.5 Å². The molecule has 0 fully saturated rings. The summed E-state index contributed by atoms with van der Waals surface area (Å²) in [6.45, 7) is 2.05. The number of hydrogen-bond acceptors (Lipinski definition) is 3. The molecule has 2 heterocycles. The zero-order chi connectivity index (χ0) is 12.5. The molecule has 18 heavy (non-hydrogen) atoms. The molecule has 2 aromatic heterocycles. The van der Waals surface area contributed by atoms with Crippen LogP contribution in [0.2, 0.25) is 0 Å². The average molecular weight is 238 g/mol. The van der Waals surface area contributed by atoms with Gasteiger partial charge in [-0.15, -0.1) is 10.2 Å². The van der Waals surface area contributed by atoms with E-state index in [2.05, 4.69) is 28.5 Å². The Bertz CT molecular complexity index is 683. The van der Waals surface area contributed by atoms with Gasteiger partial charge in [-0.3, -0.25) is 4.40 Å². The lowest BCUT2D eigenvalue weighted by molar-refractivity contribution is 1.11. The fourth-order valence-electron chi connectivity index (χ4n) is 1.98. The molecule has 0 spiro atoms. The molecule has 3 aromatic rings. The van der Waals surface area contributed by atoms with Crippen molar-refractivity contribution in [3.05, 3.63) is 48.2 Å². The summed E-state index contributed by atoms with van der Waals surface area (Å²) in [5.41, 5.74) is 4.21. The Morgan fingerprint density at radius 2 is 1.83 bits per heavy atom. The largest absolute Gasteiger partial charge is 0.388 e. The van der Waals surface area contributed by atoms with Gasteiger partial charge in [-0.25, -0.2) is 0 Å². The molecule has 0 aliphatic rings. The van der Waals surface area contributed by atoms with E-state index in [0.29, 0.717) is 0 Å². The van der Waals surface area contributed by atoms with Crippen molar-refractivity contribution in [2.24, 2.45) is 0 Å². The lowest BCUT2D eigenvalue weighted by atomic mass is 10.2. The van der Waals surface area contributed by atoms with Crippen molar-refractivity contribution in [1.29, 1.82) is 0 Å². The molecule has 0 amide bonds. The monoisotopic (exact) mass is 238 g/mol. The summed E-state index contributed by atoms with van der Waals surface area (Å²) in [5.74, 6) is 0.868. The molecule has 0 aliphatic heterocycles. The van der Waals surface area contributed by atoms with Crippen LogP contribution in [-0.2, 0) is 0 Å². The molecule has 1 aromatic carbocycles. The van der Waals surface area contributed by atoms with Crippen LogP contribution in [0, 0.1) is 6.92 Å². The Morgan fingerprint density at radius 1 is 1.06 bits per heavy atom. The molecular weight excluding hydrogens is 224 g/mol. The summed E-state index contributed by atoms with van der Waals surface area (Å²) in [6.07, 6.45) is 2.01. The van der Waals surface area contributed by atoms with Gasteiger partial charge in [-0.1, -0.05) is 0 Å². The van der Waals surface area contributed by atoms with Crippen LogP contribution in [0.3, 0.4) is 0 Å². The van der Waals surface area contributed by atoms with Crippen molar-refractivity contribution in [2.45, 2.75) is 6.92 Å². The van der Waals surface area contributed by atoms with E-state index in [9.17, 15) is 0 Å². The summed E-state index contributed by atoms with van der Waals surface area (Å²) in [6, 6.07) is 12.2. The predicted molar refractivity (Wildman–Crippen MR) is 72.7 cm³/mol. The Labute approximate surface area is 105 Å². The van der Waals surface area contributed by atoms with Gasteiger partial charge in [0, 0.05) is 24.5 Å². The van der Waals surface area contributed by atoms with Crippen LogP contribution in [0.25, 0.3) is 17.0 Å². The number of nitrogens with zero attached hydrogens (tertiary/aromatic N) is 3. The number of aryl methyl sites for hydroxylation is 1. The zero-order valence-electron chi connectivity index (χ0n) is 10.4. The highest BCUT2D eigenvalue weighted by atomic mass is 15.2. The summed E-state index contributed by atoms with van der Waals surface area (Å²) in [4.78, 5) is 0. The maximum Gasteiger partial charge on any atom is 0.168 e. The molecule has 0 unspecified atom stereocenters. The second-order valence-electron chi connectivity index (χ2n) is 4.28. The second kappa shape index (κ2) is 4.14. The minimum Gasteiger partial charge on any atom is -0.388 e. The summed E-state index contributed by atoms with van der Waals surface area (Å²) in [7, 11) is 1.91. The fraction of sp³-hybridized carbons (Fsp3) is 0.143. The number of hydrogen-bond donors (Lipinski definition) is 1. The van der Waals surface area contributed by atoms with Gasteiger partial charge in [0.25, 0.3) is 0 Å². The molecule has 0 saturated carbocycles. The van der Waals surface area contributed by atoms with Gasteiger partial charge < -0.3 is 5.32 Å². The van der Waals surface area contributed by atoms with E-state index in [-0.39, 0.29) is 0 Å². The van der Waals surface area contributed by atoms with Gasteiger partial charge >= 0.3 is 0 Å². The zero-order valence-corrected chi connectivity index (χ0v) is 10.4. The number of aromatic nitrogens is 3. The molecule has 4 nitrogen and oxygen atoms in total. The lowest BCUT2D eigenvalue weighted by Gasteiger charge is -2.03. The molecule has 0 radical (unpaired) electrons. The van der Waals surface area contributed by atoms with Crippen molar-refractivity contribution in [3.63, 3.8) is 0 Å². The van der Waals surface area contributed by atoms with Crippen LogP contribution in [0.1, 0.15) is 5.56 Å². The Morgan fingerprint density at radius 3 is 2.56 bits per heavy atom. The SMILES string of the molecule is CNc1ccc(-c2nnc3cc(C)ccn23)cc1. The second-order valence-corrected chi connectivity index (χ2v) is 4.28. The molecule has 3 rings (SSSR count). The van der Waals surface area contributed by atoms with Gasteiger partial charge in [0.2, 0.25) is 0 Å². The predicted octanol–water partition coefficient (Wildman–Crippen LogP) is 2.75. The number of benzene rings is 1. The van der Waals surface area contributed by atoms with Crippen molar-refractivity contribution in [1.82, 2.24) is 14.6 Å². The number of rotatable bonds is 2. The third-order valence-corrected chi connectivity index (χ3v) is 3.00. The first-order chi connectivity index (χ1) is 8.78. The topological polar surface area (TPSA) is 42.2 Å². The molecule has 0 bridgehead atoms. The normalized spacial score (nSPS) is 10.8. The highest BCUT2D eigenvalue weighted by Gasteiger charge is 2.07. The molecule has 90 valence electrons. The van der Waals surface area contributed by atoms with Crippen molar-refractivity contribution in [2.75, 3.05) is 12.4 Å². The fourth-order valence-corrected chi connectivity index (χ4v) is 1.98. The Balaban J connectivity index is 2.13. The highest BCUT2D eigenvalue weighted by Crippen LogP contribution is 2.20. The van der Waals surface area contributed by atoms with E-state index < -0.39 is 0 Å². The third-order valence-electron chi connectivity index (χ3n) is 3.00. The Hall–Kier alpha value is -2.36. The Kier molecular flexibility index (Phi) is 2.48. The minimum atomic E-state index is 0.868. The van der Waals surface area contributed by atoms with E-state index in [1.165, 1.54) is 5.56 Å². The van der Waals surface area contributed by atoms with Gasteiger partial charge in [0.1, 0.15) is 0 Å². The van der Waals surface area contributed by atoms with E-state index in [1.807, 2.05) is 48.0 Å². The van der Waals surface area contributed by atoms with Gasteiger partial charge in [0.05, 0.1) is 0 Å². The van der Waals surface area contributed by atoms with Crippen LogP contribution in [0.5, 0.6) is 0 Å². The average Bonchev–Trinajstić information content (AvgIpc) is 2.81. The molecular formula is C14H14N4. The summed E-state index contributed by atoms with van der Waals surface area (Å²) < 4.78 is 2.00. The van der Waals surface area contributed by atoms with Gasteiger partial charge in [-0.05, 0) is 48.9 Å². The first-order valence-corrected chi connectivity index (χ1v) is 5.87. The van der Waals surface area contributed by atoms with Crippen molar-refractivity contribution in [3.8, 4) is 11.4 Å². The first kappa shape index (κ1) is 10.8. The smallest absolute Gasteiger partial charge is 0.168 e. The standard InChI is InChI=1S/C14H14N4/c1-10-7-8-18-13(9-10)16-17-14(18)11-3-5-12(15-2)6-4-11/h3-9,15H,1-2H3. The molecule has 0 saturated heterocycles. The maximum atomic E-state index is 4.25. The van der Waals surface area contributed by atoms with Crippen LogP contribution in [0.4, 0.5) is 5.69 Å². The van der Waals surface area contributed by atoms with Crippen molar-refractivity contribution < 1.29 is 0 Å². The van der Waals surface area contributed by atoms with E-state index >= 15 is 0 Å². The van der Waals surface area contributed by atoms with E-state index in [0.717, 1.165) is 22.7 Å². The van der Waals surface area contributed by atoms with Gasteiger partial charge in [-0.2, -0.15) is 0 Å². The molecule has 0 atom stereocenters. The highest BCUT2D eigenvalue weighted by molar-refractivity contribution is 5.62. The third kappa shape index (κ3) is 1.72. The van der Waals surface area contributed by atoms with Crippen molar-refractivity contribution >= 4 is 11.3 Å². The number of nitrogens with one attached hydrogen (secondary N) is 1. The quantitative estimate of drug-likeness (QED) is 0.746. The molecule has 4 heteroatoms. The van der Waals surface area contributed by atoms with E-state index in [1.54, 1.807) is 0 Å². The van der Waals surface area contributed by atoms with Crippen LogP contribution in [-0.4, -0.2) is 21.6 Å². The number of fused-ring (bicyclic) bond motifs is 1. The molecule has 1 N–H and O–H groups in total. The summed E-state index contributed by atoms with van der Waals surface area (Å²) >= 11 is 0. The minimum absolute atomic E-state index is 0.868. The van der Waals surface area contributed by atoms with Crippen LogP contribution >= 0.6 is 0 Å². The van der Waals surface area contributed by atoms with Crippen LogP contribution in [0.15, 0.2) is 42.6 Å². The lowest BCUT2D eigenvalue weighted by Crippen LogP contribution is -1.91. The summed E-state index contributed by atoms with van der Waals surface area (Å²) in [5, 5.41) is 11.6. The molecule has 0 aliphatic carbocycles. The number of anilines is 1. The van der Waals surface area contributed by atoms with E-state index in [4.69, 9.17) is 0 Å². The van der Waals surface area contributed by atoms with Crippen LogP contribution < -0.4 is 5.32 Å². The number of pyridine rings is 1. The maximum absolute atomic E-state index is 4.25.